The van der Waals surface area contributed by atoms with Crippen LogP contribution in [0.25, 0.3) is 5.69 Å². The van der Waals surface area contributed by atoms with Gasteiger partial charge in [0.15, 0.2) is 5.69 Å². The lowest BCUT2D eigenvalue weighted by molar-refractivity contribution is -0.136. The van der Waals surface area contributed by atoms with E-state index >= 15 is 0 Å². The number of methoxy groups -OCH3 is 1. The molecule has 0 aliphatic heterocycles. The van der Waals surface area contributed by atoms with Crippen LogP contribution in [0, 0.1) is 6.92 Å². The van der Waals surface area contributed by atoms with Gasteiger partial charge in [0.05, 0.1) is 19.2 Å². The summed E-state index contributed by atoms with van der Waals surface area (Å²) in [6.07, 6.45) is -0.121. The van der Waals surface area contributed by atoms with Gasteiger partial charge in [-0.3, -0.25) is 9.59 Å². The first kappa shape index (κ1) is 15.6. The summed E-state index contributed by atoms with van der Waals surface area (Å²) in [7, 11) is 1.59. The Balaban J connectivity index is 2.13. The van der Waals surface area contributed by atoms with Gasteiger partial charge in [-0.15, -0.1) is 0 Å². The summed E-state index contributed by atoms with van der Waals surface area (Å²) < 4.78 is 6.74. The van der Waals surface area contributed by atoms with Crippen LogP contribution < -0.4 is 10.1 Å². The number of carboxylic acid groups (broad SMARTS) is 1. The number of amides is 1. The molecular formula is C15H17N3O4. The summed E-state index contributed by atoms with van der Waals surface area (Å²) in [5.41, 5.74) is 1.86. The molecule has 116 valence electrons. The molecule has 22 heavy (non-hydrogen) atoms. The third kappa shape index (κ3) is 3.63. The van der Waals surface area contributed by atoms with Crippen molar-refractivity contribution in [2.24, 2.45) is 0 Å². The number of hydrogen-bond donors (Lipinski definition) is 2. The van der Waals surface area contributed by atoms with Gasteiger partial charge >= 0.3 is 5.97 Å². The van der Waals surface area contributed by atoms with E-state index in [2.05, 4.69) is 10.4 Å². The minimum atomic E-state index is -0.958. The highest BCUT2D eigenvalue weighted by Gasteiger charge is 2.13. The molecule has 2 aromatic rings. The zero-order valence-corrected chi connectivity index (χ0v) is 12.4. The predicted molar refractivity (Wildman–Crippen MR) is 79.4 cm³/mol. The first-order valence-corrected chi connectivity index (χ1v) is 6.72. The second-order valence-corrected chi connectivity index (χ2v) is 4.68. The fourth-order valence-electron chi connectivity index (χ4n) is 1.94. The number of aryl methyl sites for hydroxylation is 1. The van der Waals surface area contributed by atoms with E-state index in [0.717, 1.165) is 17.1 Å². The van der Waals surface area contributed by atoms with Crippen molar-refractivity contribution in [2.45, 2.75) is 13.3 Å². The van der Waals surface area contributed by atoms with E-state index in [0.29, 0.717) is 0 Å². The summed E-state index contributed by atoms with van der Waals surface area (Å²) in [5, 5.41) is 15.3. The molecule has 0 aliphatic rings. The van der Waals surface area contributed by atoms with Crippen molar-refractivity contribution in [3.8, 4) is 11.4 Å². The number of nitrogens with zero attached hydrogens (tertiary/aromatic N) is 2. The molecular weight excluding hydrogens is 286 g/mol. The monoisotopic (exact) mass is 303 g/mol. The quantitative estimate of drug-likeness (QED) is 0.841. The summed E-state index contributed by atoms with van der Waals surface area (Å²) in [4.78, 5) is 22.4. The Kier molecular flexibility index (Phi) is 4.77. The topological polar surface area (TPSA) is 93.5 Å². The molecule has 7 nitrogen and oxygen atoms in total. The Morgan fingerprint density at radius 3 is 2.59 bits per heavy atom. The Labute approximate surface area is 127 Å². The number of rotatable bonds is 6. The molecule has 7 heteroatoms. The number of benzene rings is 1. The zero-order valence-electron chi connectivity index (χ0n) is 12.4. The lowest BCUT2D eigenvalue weighted by atomic mass is 10.3. The molecule has 0 saturated carbocycles. The molecule has 0 saturated heterocycles. The molecule has 0 aliphatic carbocycles. The van der Waals surface area contributed by atoms with Gasteiger partial charge in [-0.25, -0.2) is 4.68 Å². The van der Waals surface area contributed by atoms with Crippen molar-refractivity contribution in [1.29, 1.82) is 0 Å². The van der Waals surface area contributed by atoms with Crippen LogP contribution in [0.15, 0.2) is 30.3 Å². The molecule has 2 N–H and O–H groups in total. The van der Waals surface area contributed by atoms with Crippen LogP contribution in [0.2, 0.25) is 0 Å². The lowest BCUT2D eigenvalue weighted by Crippen LogP contribution is -2.26. The second kappa shape index (κ2) is 6.75. The Hall–Kier alpha value is -2.83. The Morgan fingerprint density at radius 2 is 2.00 bits per heavy atom. The van der Waals surface area contributed by atoms with E-state index < -0.39 is 11.9 Å². The van der Waals surface area contributed by atoms with Crippen molar-refractivity contribution < 1.29 is 19.4 Å². The first-order valence-electron chi connectivity index (χ1n) is 6.72. The van der Waals surface area contributed by atoms with Gasteiger partial charge in [-0.2, -0.15) is 5.10 Å². The first-order chi connectivity index (χ1) is 10.5. The van der Waals surface area contributed by atoms with Crippen molar-refractivity contribution in [2.75, 3.05) is 13.7 Å². The second-order valence-electron chi connectivity index (χ2n) is 4.68. The highest BCUT2D eigenvalue weighted by Crippen LogP contribution is 2.16. The van der Waals surface area contributed by atoms with Crippen LogP contribution in [-0.4, -0.2) is 40.4 Å². The molecule has 1 amide bonds. The number of hydrogen-bond acceptors (Lipinski definition) is 4. The number of aromatic nitrogens is 2. The van der Waals surface area contributed by atoms with Crippen molar-refractivity contribution >= 4 is 11.9 Å². The summed E-state index contributed by atoms with van der Waals surface area (Å²) in [6.45, 7) is 1.91. The Morgan fingerprint density at radius 1 is 1.32 bits per heavy atom. The maximum Gasteiger partial charge on any atom is 0.305 e. The van der Waals surface area contributed by atoms with E-state index in [-0.39, 0.29) is 18.7 Å². The largest absolute Gasteiger partial charge is 0.497 e. The average Bonchev–Trinajstić information content (AvgIpc) is 2.89. The van der Waals surface area contributed by atoms with Gasteiger partial charge < -0.3 is 15.2 Å². The smallest absolute Gasteiger partial charge is 0.305 e. The molecule has 0 unspecified atom stereocenters. The number of nitrogens with one attached hydrogen (secondary N) is 1. The van der Waals surface area contributed by atoms with E-state index in [9.17, 15) is 9.59 Å². The van der Waals surface area contributed by atoms with Crippen LogP contribution in [0.5, 0.6) is 5.75 Å². The lowest BCUT2D eigenvalue weighted by Gasteiger charge is -2.05. The summed E-state index contributed by atoms with van der Waals surface area (Å²) in [6, 6.07) is 8.95. The average molecular weight is 303 g/mol. The fourth-order valence-corrected chi connectivity index (χ4v) is 1.94. The van der Waals surface area contributed by atoms with Crippen LogP contribution in [0.4, 0.5) is 0 Å². The van der Waals surface area contributed by atoms with Crippen molar-refractivity contribution in [1.82, 2.24) is 15.1 Å². The van der Waals surface area contributed by atoms with Crippen LogP contribution in [0.1, 0.15) is 22.6 Å². The molecule has 0 radical (unpaired) electrons. The number of carbonyl (C=O) groups is 2. The molecule has 2 rings (SSSR count). The summed E-state index contributed by atoms with van der Waals surface area (Å²) in [5.74, 6) is -0.614. The molecule has 0 atom stereocenters. The fraction of sp³-hybridized carbons (Fsp3) is 0.267. The maximum atomic E-state index is 11.9. The van der Waals surface area contributed by atoms with Crippen molar-refractivity contribution in [3.05, 3.63) is 41.7 Å². The van der Waals surface area contributed by atoms with E-state index in [1.807, 2.05) is 31.2 Å². The van der Waals surface area contributed by atoms with Gasteiger partial charge in [-0.05, 0) is 37.3 Å². The Bertz CT molecular complexity index is 677. The molecule has 0 bridgehead atoms. The van der Waals surface area contributed by atoms with Crippen LogP contribution in [-0.2, 0) is 4.79 Å². The third-order valence-corrected chi connectivity index (χ3v) is 3.06. The molecule has 0 spiro atoms. The molecule has 1 aromatic heterocycles. The van der Waals surface area contributed by atoms with Crippen molar-refractivity contribution in [3.63, 3.8) is 0 Å². The molecule has 0 fully saturated rings. The van der Waals surface area contributed by atoms with Gasteiger partial charge in [-0.1, -0.05) is 0 Å². The number of aliphatic carboxylic acids is 1. The number of ether oxygens (including phenoxy) is 1. The number of carbonyl (C=O) groups excluding carboxylic acids is 1. The predicted octanol–water partition coefficient (Wildman–Crippen LogP) is 1.39. The van der Waals surface area contributed by atoms with Crippen LogP contribution >= 0.6 is 0 Å². The normalized spacial score (nSPS) is 10.3. The molecule has 1 aromatic carbocycles. The van der Waals surface area contributed by atoms with E-state index in [4.69, 9.17) is 9.84 Å². The maximum absolute atomic E-state index is 11.9. The zero-order chi connectivity index (χ0) is 16.1. The van der Waals surface area contributed by atoms with Gasteiger partial charge in [0.1, 0.15) is 5.75 Å². The summed E-state index contributed by atoms with van der Waals surface area (Å²) >= 11 is 0. The molecule has 1 heterocycles. The minimum absolute atomic E-state index is 0.0720. The SMILES string of the molecule is COc1ccc(-n2nc(C(=O)NCCC(=O)O)cc2C)cc1. The third-order valence-electron chi connectivity index (χ3n) is 3.06. The highest BCUT2D eigenvalue weighted by atomic mass is 16.5. The van der Waals surface area contributed by atoms with Gasteiger partial charge in [0.25, 0.3) is 5.91 Å². The van der Waals surface area contributed by atoms with Crippen LogP contribution in [0.3, 0.4) is 0 Å². The van der Waals surface area contributed by atoms with Gasteiger partial charge in [0, 0.05) is 12.2 Å². The number of carboxylic acids is 1. The standard InChI is InChI=1S/C15H17N3O4/c1-10-9-13(15(21)16-8-7-14(19)20)17-18(10)11-3-5-12(22-2)6-4-11/h3-6,9H,7-8H2,1-2H3,(H,16,21)(H,19,20). The highest BCUT2D eigenvalue weighted by molar-refractivity contribution is 5.92. The van der Waals surface area contributed by atoms with Gasteiger partial charge in [0.2, 0.25) is 0 Å². The van der Waals surface area contributed by atoms with E-state index in [1.165, 1.54) is 0 Å². The van der Waals surface area contributed by atoms with E-state index in [1.54, 1.807) is 17.9 Å². The minimum Gasteiger partial charge on any atom is -0.497 e.